The van der Waals surface area contributed by atoms with E-state index >= 15 is 0 Å². The third-order valence-corrected chi connectivity index (χ3v) is 4.59. The minimum atomic E-state index is -3.18. The number of nitrogens with two attached hydrogens (primary N) is 1. The number of rotatable bonds is 2. The van der Waals surface area contributed by atoms with Crippen molar-refractivity contribution in [1.82, 2.24) is 10.3 Å². The molecule has 1 aliphatic heterocycles. The first-order chi connectivity index (χ1) is 9.44. The van der Waals surface area contributed by atoms with Gasteiger partial charge in [-0.1, -0.05) is 0 Å². The van der Waals surface area contributed by atoms with E-state index in [1.54, 1.807) is 24.4 Å². The van der Waals surface area contributed by atoms with Gasteiger partial charge in [0.15, 0.2) is 9.84 Å². The standard InChI is InChI=1S/C13H13N3O3S/c14-8-1-2-12-10(5-8)11(6-15-12)13(17)16-9-3-4-20(18,19)7-9/h1-6,9,15H,7,14H2,(H,16,17). The van der Waals surface area contributed by atoms with E-state index in [4.69, 9.17) is 5.73 Å². The maximum Gasteiger partial charge on any atom is 0.253 e. The smallest absolute Gasteiger partial charge is 0.253 e. The Morgan fingerprint density at radius 2 is 2.20 bits per heavy atom. The SMILES string of the molecule is Nc1ccc2[nH]cc(C(=O)NC3C=CS(=O)(=O)C3)c2c1. The number of anilines is 1. The van der Waals surface area contributed by atoms with Crippen molar-refractivity contribution in [3.8, 4) is 0 Å². The van der Waals surface area contributed by atoms with Crippen LogP contribution in [0.3, 0.4) is 0 Å². The third kappa shape index (κ3) is 2.27. The molecule has 2 heterocycles. The molecule has 7 heteroatoms. The summed E-state index contributed by atoms with van der Waals surface area (Å²) in [5, 5.41) is 4.53. The quantitative estimate of drug-likeness (QED) is 0.711. The van der Waals surface area contributed by atoms with Crippen LogP contribution < -0.4 is 11.1 Å². The van der Waals surface area contributed by atoms with Crippen LogP contribution in [0.1, 0.15) is 10.4 Å². The maximum absolute atomic E-state index is 12.2. The molecule has 4 N–H and O–H groups in total. The molecule has 1 aliphatic rings. The van der Waals surface area contributed by atoms with E-state index < -0.39 is 15.9 Å². The van der Waals surface area contributed by atoms with Gasteiger partial charge in [0.1, 0.15) is 0 Å². The largest absolute Gasteiger partial charge is 0.399 e. The summed E-state index contributed by atoms with van der Waals surface area (Å²) in [6.07, 6.45) is 3.07. The molecule has 1 aromatic carbocycles. The van der Waals surface area contributed by atoms with Gasteiger partial charge in [0, 0.05) is 28.2 Å². The van der Waals surface area contributed by atoms with Crippen LogP contribution >= 0.6 is 0 Å². The fourth-order valence-electron chi connectivity index (χ4n) is 2.24. The van der Waals surface area contributed by atoms with Crippen LogP contribution in [0, 0.1) is 0 Å². The highest BCUT2D eigenvalue weighted by Crippen LogP contribution is 2.21. The van der Waals surface area contributed by atoms with E-state index in [0.29, 0.717) is 16.6 Å². The first kappa shape index (κ1) is 12.7. The summed E-state index contributed by atoms with van der Waals surface area (Å²) >= 11 is 0. The molecular formula is C13H13N3O3S. The molecule has 0 aliphatic carbocycles. The molecular weight excluding hydrogens is 278 g/mol. The van der Waals surface area contributed by atoms with Gasteiger partial charge in [0.05, 0.1) is 17.4 Å². The predicted molar refractivity (Wildman–Crippen MR) is 76.9 cm³/mol. The minimum absolute atomic E-state index is 0.0940. The second-order valence-electron chi connectivity index (χ2n) is 4.75. The highest BCUT2D eigenvalue weighted by atomic mass is 32.2. The van der Waals surface area contributed by atoms with E-state index in [1.807, 2.05) is 0 Å². The summed E-state index contributed by atoms with van der Waals surface area (Å²) in [7, 11) is -3.18. The van der Waals surface area contributed by atoms with Crippen LogP contribution in [0.4, 0.5) is 5.69 Å². The van der Waals surface area contributed by atoms with Crippen molar-refractivity contribution < 1.29 is 13.2 Å². The average Bonchev–Trinajstić information content (AvgIpc) is 2.92. The fourth-order valence-corrected chi connectivity index (χ4v) is 3.47. The molecule has 0 bridgehead atoms. The average molecular weight is 291 g/mol. The molecule has 3 rings (SSSR count). The van der Waals surface area contributed by atoms with Crippen molar-refractivity contribution in [3.63, 3.8) is 0 Å². The number of aromatic amines is 1. The molecule has 0 fully saturated rings. The van der Waals surface area contributed by atoms with Gasteiger partial charge in [-0.3, -0.25) is 4.79 Å². The van der Waals surface area contributed by atoms with E-state index in [-0.39, 0.29) is 11.7 Å². The van der Waals surface area contributed by atoms with Crippen molar-refractivity contribution in [2.45, 2.75) is 6.04 Å². The zero-order valence-electron chi connectivity index (χ0n) is 10.5. The van der Waals surface area contributed by atoms with Crippen LogP contribution in [-0.2, 0) is 9.84 Å². The molecule has 104 valence electrons. The number of amides is 1. The zero-order chi connectivity index (χ0) is 14.3. The van der Waals surface area contributed by atoms with Crippen LogP contribution in [-0.4, -0.2) is 31.1 Å². The number of aromatic nitrogens is 1. The van der Waals surface area contributed by atoms with Gasteiger partial charge in [0.2, 0.25) is 0 Å². The Labute approximate surface area is 115 Å². The number of sulfone groups is 1. The lowest BCUT2D eigenvalue weighted by molar-refractivity contribution is 0.0949. The molecule has 1 aromatic heterocycles. The Balaban J connectivity index is 1.86. The van der Waals surface area contributed by atoms with Crippen LogP contribution in [0.15, 0.2) is 35.9 Å². The first-order valence-corrected chi connectivity index (χ1v) is 7.74. The van der Waals surface area contributed by atoms with Crippen molar-refractivity contribution in [2.24, 2.45) is 0 Å². The number of nitrogens with one attached hydrogen (secondary N) is 2. The number of carbonyl (C=O) groups is 1. The number of hydrogen-bond acceptors (Lipinski definition) is 4. The lowest BCUT2D eigenvalue weighted by Crippen LogP contribution is -2.35. The first-order valence-electron chi connectivity index (χ1n) is 6.03. The molecule has 2 aromatic rings. The minimum Gasteiger partial charge on any atom is -0.399 e. The molecule has 0 saturated heterocycles. The van der Waals surface area contributed by atoms with E-state index in [0.717, 1.165) is 10.9 Å². The van der Waals surface area contributed by atoms with E-state index in [1.165, 1.54) is 6.08 Å². The highest BCUT2D eigenvalue weighted by Gasteiger charge is 2.24. The van der Waals surface area contributed by atoms with Crippen LogP contribution in [0.2, 0.25) is 0 Å². The van der Waals surface area contributed by atoms with Crippen molar-refractivity contribution in [2.75, 3.05) is 11.5 Å². The summed E-state index contributed by atoms with van der Waals surface area (Å²) < 4.78 is 22.6. The summed E-state index contributed by atoms with van der Waals surface area (Å²) in [5.74, 6) is -0.419. The number of hydrogen-bond donors (Lipinski definition) is 3. The molecule has 0 saturated carbocycles. The zero-order valence-corrected chi connectivity index (χ0v) is 11.3. The van der Waals surface area contributed by atoms with Crippen molar-refractivity contribution in [1.29, 1.82) is 0 Å². The van der Waals surface area contributed by atoms with Crippen molar-refractivity contribution in [3.05, 3.63) is 41.4 Å². The summed E-state index contributed by atoms with van der Waals surface area (Å²) in [6.45, 7) is 0. The lowest BCUT2D eigenvalue weighted by atomic mass is 10.1. The van der Waals surface area contributed by atoms with Gasteiger partial charge in [-0.25, -0.2) is 8.42 Å². The number of H-pyrrole nitrogens is 1. The van der Waals surface area contributed by atoms with Crippen LogP contribution in [0.5, 0.6) is 0 Å². The lowest BCUT2D eigenvalue weighted by Gasteiger charge is -2.09. The molecule has 6 nitrogen and oxygen atoms in total. The Kier molecular flexibility index (Phi) is 2.79. The van der Waals surface area contributed by atoms with Gasteiger partial charge >= 0.3 is 0 Å². The molecule has 1 atom stereocenters. The second kappa shape index (κ2) is 4.38. The Morgan fingerprint density at radius 3 is 2.90 bits per heavy atom. The van der Waals surface area contributed by atoms with Gasteiger partial charge in [-0.05, 0) is 24.3 Å². The normalized spacial score (nSPS) is 20.3. The summed E-state index contributed by atoms with van der Waals surface area (Å²) in [5.41, 5.74) is 7.53. The maximum atomic E-state index is 12.2. The van der Waals surface area contributed by atoms with E-state index in [9.17, 15) is 13.2 Å². The number of carbonyl (C=O) groups excluding carboxylic acids is 1. The number of benzene rings is 1. The summed E-state index contributed by atoms with van der Waals surface area (Å²) in [6, 6.07) is 4.76. The fraction of sp³-hybridized carbons (Fsp3) is 0.154. The number of fused-ring (bicyclic) bond motifs is 1. The highest BCUT2D eigenvalue weighted by molar-refractivity contribution is 7.94. The predicted octanol–water partition coefficient (Wildman–Crippen LogP) is 0.791. The molecule has 1 unspecified atom stereocenters. The third-order valence-electron chi connectivity index (χ3n) is 3.20. The molecule has 1 amide bonds. The Hall–Kier alpha value is -2.28. The number of nitrogen functional groups attached to an aromatic ring is 1. The topological polar surface area (TPSA) is 105 Å². The molecule has 20 heavy (non-hydrogen) atoms. The monoisotopic (exact) mass is 291 g/mol. The van der Waals surface area contributed by atoms with Gasteiger partial charge in [0.25, 0.3) is 5.91 Å². The summed E-state index contributed by atoms with van der Waals surface area (Å²) in [4.78, 5) is 15.2. The Morgan fingerprint density at radius 1 is 1.40 bits per heavy atom. The Bertz CT molecular complexity index is 820. The second-order valence-corrected chi connectivity index (χ2v) is 6.68. The van der Waals surface area contributed by atoms with Crippen LogP contribution in [0.25, 0.3) is 10.9 Å². The van der Waals surface area contributed by atoms with Crippen molar-refractivity contribution >= 4 is 32.3 Å². The molecule has 0 spiro atoms. The van der Waals surface area contributed by atoms with E-state index in [2.05, 4.69) is 10.3 Å². The van der Waals surface area contributed by atoms with Gasteiger partial charge in [-0.15, -0.1) is 0 Å². The van der Waals surface area contributed by atoms with Gasteiger partial charge in [-0.2, -0.15) is 0 Å². The molecule has 0 radical (unpaired) electrons. The van der Waals surface area contributed by atoms with Gasteiger partial charge < -0.3 is 16.0 Å².